The second kappa shape index (κ2) is 10.9. The number of rotatable bonds is 9. The number of hydroxylamine groups is 1. The van der Waals surface area contributed by atoms with E-state index in [2.05, 4.69) is 15.3 Å². The standard InChI is InChI=1S/C27H34N6O5S/c1-14-24-17(26(34)38-27(14,2)3)6-7-22(32-24)31-23-10-18-19(21(28)13-36-4)11-30-25(20(18)12-29-23)37-16-8-15(9-16)33(35)39-5/h6-7,10-12,14-16,21,35H,8-9,13,28H2,1-5H3,(H,29,31,32). The second-order valence-corrected chi connectivity index (χ2v) is 11.3. The zero-order valence-electron chi connectivity index (χ0n) is 22.7. The lowest BCUT2D eigenvalue weighted by molar-refractivity contribution is -0.0839. The number of nitrogens with two attached hydrogens (primary N) is 1. The van der Waals surface area contributed by atoms with Gasteiger partial charge in [-0.1, -0.05) is 18.9 Å². The molecular formula is C27H34N6O5S. The number of hydrogen-bond donors (Lipinski definition) is 3. The summed E-state index contributed by atoms with van der Waals surface area (Å²) in [7, 11) is 1.60. The number of anilines is 2. The summed E-state index contributed by atoms with van der Waals surface area (Å²) in [6.45, 7) is 6.09. The molecule has 0 aromatic carbocycles. The minimum Gasteiger partial charge on any atom is -0.474 e. The first-order chi connectivity index (χ1) is 18.6. The van der Waals surface area contributed by atoms with Gasteiger partial charge in [0.2, 0.25) is 5.88 Å². The molecule has 1 aliphatic carbocycles. The quantitative estimate of drug-likeness (QED) is 0.196. The highest BCUT2D eigenvalue weighted by Gasteiger charge is 2.40. The number of fused-ring (bicyclic) bond motifs is 2. The zero-order valence-corrected chi connectivity index (χ0v) is 23.5. The number of nitrogens with zero attached hydrogens (tertiary/aromatic N) is 4. The molecule has 12 heteroatoms. The molecule has 3 aromatic rings. The van der Waals surface area contributed by atoms with Crippen LogP contribution in [0.5, 0.6) is 5.88 Å². The Morgan fingerprint density at radius 1 is 1.26 bits per heavy atom. The minimum absolute atomic E-state index is 0.0542. The summed E-state index contributed by atoms with van der Waals surface area (Å²) in [5.74, 6) is 1.14. The average molecular weight is 555 g/mol. The normalized spacial score (nSPS) is 22.7. The van der Waals surface area contributed by atoms with Gasteiger partial charge < -0.3 is 30.5 Å². The van der Waals surface area contributed by atoms with Gasteiger partial charge in [0.25, 0.3) is 0 Å². The van der Waals surface area contributed by atoms with Gasteiger partial charge in [0.1, 0.15) is 23.3 Å². The maximum absolute atomic E-state index is 12.5. The molecule has 1 aliphatic heterocycles. The van der Waals surface area contributed by atoms with Crippen molar-refractivity contribution in [2.75, 3.05) is 25.3 Å². The predicted octanol–water partition coefficient (Wildman–Crippen LogP) is 4.35. The Morgan fingerprint density at radius 3 is 2.74 bits per heavy atom. The first-order valence-electron chi connectivity index (χ1n) is 12.8. The summed E-state index contributed by atoms with van der Waals surface area (Å²) in [6, 6.07) is 5.01. The van der Waals surface area contributed by atoms with Crippen LogP contribution < -0.4 is 15.8 Å². The number of hydrogen-bond acceptors (Lipinski definition) is 12. The Labute approximate surface area is 231 Å². The van der Waals surface area contributed by atoms with Crippen LogP contribution >= 0.6 is 11.9 Å². The smallest absolute Gasteiger partial charge is 0.340 e. The van der Waals surface area contributed by atoms with Gasteiger partial charge in [-0.2, -0.15) is 0 Å². The molecule has 1 fully saturated rings. The fourth-order valence-corrected chi connectivity index (χ4v) is 5.34. The van der Waals surface area contributed by atoms with E-state index in [1.165, 1.54) is 16.4 Å². The van der Waals surface area contributed by atoms with Crippen molar-refractivity contribution in [2.24, 2.45) is 5.73 Å². The lowest BCUT2D eigenvalue weighted by atomic mass is 9.84. The van der Waals surface area contributed by atoms with E-state index in [0.717, 1.165) is 16.3 Å². The van der Waals surface area contributed by atoms with Crippen LogP contribution in [0.25, 0.3) is 10.8 Å². The van der Waals surface area contributed by atoms with Crippen molar-refractivity contribution in [3.63, 3.8) is 0 Å². The Balaban J connectivity index is 1.45. The molecule has 0 saturated heterocycles. The lowest BCUT2D eigenvalue weighted by Crippen LogP contribution is -2.45. The Bertz CT molecular complexity index is 1380. The molecule has 39 heavy (non-hydrogen) atoms. The zero-order chi connectivity index (χ0) is 27.9. The number of cyclic esters (lactones) is 1. The van der Waals surface area contributed by atoms with E-state index in [-0.39, 0.29) is 24.0 Å². The first-order valence-corrected chi connectivity index (χ1v) is 14.0. The van der Waals surface area contributed by atoms with Crippen molar-refractivity contribution >= 4 is 40.3 Å². The van der Waals surface area contributed by atoms with E-state index < -0.39 is 11.6 Å². The molecule has 4 heterocycles. The molecule has 2 unspecified atom stereocenters. The monoisotopic (exact) mass is 554 g/mol. The van der Waals surface area contributed by atoms with Crippen LogP contribution in [-0.2, 0) is 9.47 Å². The van der Waals surface area contributed by atoms with Crippen molar-refractivity contribution in [1.82, 2.24) is 19.4 Å². The van der Waals surface area contributed by atoms with Crippen molar-refractivity contribution in [2.45, 2.75) is 63.3 Å². The highest BCUT2D eigenvalue weighted by molar-refractivity contribution is 7.96. The second-order valence-electron chi connectivity index (χ2n) is 10.5. The lowest BCUT2D eigenvalue weighted by Gasteiger charge is -2.38. The van der Waals surface area contributed by atoms with Gasteiger partial charge >= 0.3 is 5.97 Å². The van der Waals surface area contributed by atoms with Gasteiger partial charge in [-0.15, -0.1) is 4.47 Å². The van der Waals surface area contributed by atoms with Gasteiger partial charge in [0, 0.05) is 38.3 Å². The first kappa shape index (κ1) is 27.5. The maximum atomic E-state index is 12.5. The van der Waals surface area contributed by atoms with Crippen molar-refractivity contribution in [1.29, 1.82) is 0 Å². The largest absolute Gasteiger partial charge is 0.474 e. The third-order valence-electron chi connectivity index (χ3n) is 7.57. The highest BCUT2D eigenvalue weighted by atomic mass is 32.2. The number of methoxy groups -OCH3 is 1. The number of pyridine rings is 3. The Morgan fingerprint density at radius 2 is 2.03 bits per heavy atom. The number of aromatic nitrogens is 3. The highest BCUT2D eigenvalue weighted by Crippen LogP contribution is 2.39. The van der Waals surface area contributed by atoms with Crippen molar-refractivity contribution in [3.05, 3.63) is 47.4 Å². The van der Waals surface area contributed by atoms with E-state index in [1.807, 2.05) is 33.1 Å². The van der Waals surface area contributed by atoms with Crippen molar-refractivity contribution < 1.29 is 24.2 Å². The SMILES string of the molecule is COCC(N)c1cnc(OC2CC(N(O)SC)C2)c2cnc(Nc3ccc4c(n3)C(C)C(C)(C)OC4=O)cc12. The van der Waals surface area contributed by atoms with Crippen LogP contribution in [0.3, 0.4) is 0 Å². The van der Waals surface area contributed by atoms with Crippen LogP contribution in [0.4, 0.5) is 11.6 Å². The Kier molecular flexibility index (Phi) is 7.66. The molecule has 1 saturated carbocycles. The molecule has 2 atom stereocenters. The van der Waals surface area contributed by atoms with E-state index in [1.54, 1.807) is 31.6 Å². The number of ether oxygens (including phenoxy) is 3. The van der Waals surface area contributed by atoms with Gasteiger partial charge in [-0.25, -0.2) is 19.7 Å². The summed E-state index contributed by atoms with van der Waals surface area (Å²) >= 11 is 1.29. The van der Waals surface area contributed by atoms with E-state index >= 15 is 0 Å². The molecule has 3 aromatic heterocycles. The third kappa shape index (κ3) is 5.39. The summed E-state index contributed by atoms with van der Waals surface area (Å²) in [5, 5.41) is 14.7. The van der Waals surface area contributed by atoms with Crippen LogP contribution in [0.2, 0.25) is 0 Å². The fraction of sp³-hybridized carbons (Fsp3) is 0.481. The molecule has 4 N–H and O–H groups in total. The van der Waals surface area contributed by atoms with Gasteiger partial charge in [-0.3, -0.25) is 0 Å². The molecule has 0 bridgehead atoms. The van der Waals surface area contributed by atoms with Crippen molar-refractivity contribution in [3.8, 4) is 5.88 Å². The maximum Gasteiger partial charge on any atom is 0.340 e. The fourth-order valence-electron chi connectivity index (χ4n) is 4.87. The van der Waals surface area contributed by atoms with Crippen LogP contribution in [0.15, 0.2) is 30.6 Å². The van der Waals surface area contributed by atoms with E-state index in [4.69, 9.17) is 24.9 Å². The molecule has 208 valence electrons. The number of carbonyl (C=O) groups is 1. The average Bonchev–Trinajstić information content (AvgIpc) is 2.88. The van der Waals surface area contributed by atoms with E-state index in [0.29, 0.717) is 48.2 Å². The predicted molar refractivity (Wildman–Crippen MR) is 148 cm³/mol. The van der Waals surface area contributed by atoms with Gasteiger partial charge in [-0.05, 0) is 49.3 Å². The van der Waals surface area contributed by atoms with Crippen LogP contribution in [0, 0.1) is 0 Å². The molecule has 5 rings (SSSR count). The minimum atomic E-state index is -0.655. The third-order valence-corrected chi connectivity index (χ3v) is 8.24. The molecule has 0 radical (unpaired) electrons. The molecular weight excluding hydrogens is 520 g/mol. The van der Waals surface area contributed by atoms with Gasteiger partial charge in [0.15, 0.2) is 0 Å². The van der Waals surface area contributed by atoms with Gasteiger partial charge in [0.05, 0.1) is 35.3 Å². The molecule has 0 spiro atoms. The topological polar surface area (TPSA) is 145 Å². The van der Waals surface area contributed by atoms with Crippen LogP contribution in [-0.4, -0.2) is 68.3 Å². The number of esters is 1. The summed E-state index contributed by atoms with van der Waals surface area (Å²) in [6.07, 6.45) is 6.60. The molecule has 0 amide bonds. The number of carbonyl (C=O) groups excluding carboxylic acids is 1. The molecule has 2 aliphatic rings. The Hall–Kier alpha value is -3.03. The summed E-state index contributed by atoms with van der Waals surface area (Å²) < 4.78 is 18.3. The molecule has 11 nitrogen and oxygen atoms in total. The number of nitrogens with one attached hydrogen (secondary N) is 1. The summed E-state index contributed by atoms with van der Waals surface area (Å²) in [5.41, 5.74) is 7.73. The van der Waals surface area contributed by atoms with Crippen LogP contribution in [0.1, 0.15) is 67.2 Å². The van der Waals surface area contributed by atoms with E-state index in [9.17, 15) is 10.0 Å². The summed E-state index contributed by atoms with van der Waals surface area (Å²) in [4.78, 5) is 26.4.